The fourth-order valence-electron chi connectivity index (χ4n) is 2.56. The standard InChI is InChI=1S/C16H22N4O10/c21-10-3-1-7(18-10)15(29)19-8(2-4-11(22)23)16(30)20-9(5-12(24)25)14(28)17-6-13(26)27/h7-9H,1-6H2,(H,17,28)(H,18,21)(H,19,29)(H,20,30)(H,22,23)(H,24,25)(H,26,27)/t7-,8-,9-/m0/s1. The van der Waals surface area contributed by atoms with Gasteiger partial charge in [0.25, 0.3) is 0 Å². The molecule has 4 amide bonds. The molecular formula is C16H22N4O10. The first-order chi connectivity index (χ1) is 14.0. The third-order valence-corrected chi connectivity index (χ3v) is 4.02. The van der Waals surface area contributed by atoms with E-state index in [9.17, 15) is 33.6 Å². The van der Waals surface area contributed by atoms with E-state index < -0.39 is 73.1 Å². The number of carboxylic acids is 3. The molecule has 0 radical (unpaired) electrons. The number of carboxylic acid groups (broad SMARTS) is 3. The lowest BCUT2D eigenvalue weighted by molar-refractivity contribution is -0.141. The Morgan fingerprint density at radius 3 is 2.10 bits per heavy atom. The summed E-state index contributed by atoms with van der Waals surface area (Å²) in [5.74, 6) is -7.35. The summed E-state index contributed by atoms with van der Waals surface area (Å²) in [6, 6.07) is -4.01. The molecule has 1 heterocycles. The third-order valence-electron chi connectivity index (χ3n) is 4.02. The topological polar surface area (TPSA) is 228 Å². The zero-order valence-corrected chi connectivity index (χ0v) is 15.7. The lowest BCUT2D eigenvalue weighted by Crippen LogP contribution is -2.56. The van der Waals surface area contributed by atoms with Crippen LogP contribution in [-0.2, 0) is 33.6 Å². The van der Waals surface area contributed by atoms with E-state index in [0.717, 1.165) is 0 Å². The van der Waals surface area contributed by atoms with Crippen LogP contribution in [0.2, 0.25) is 0 Å². The Kier molecular flexibility index (Phi) is 9.19. The monoisotopic (exact) mass is 430 g/mol. The lowest BCUT2D eigenvalue weighted by atomic mass is 10.1. The van der Waals surface area contributed by atoms with Gasteiger partial charge >= 0.3 is 17.9 Å². The van der Waals surface area contributed by atoms with Gasteiger partial charge in [0.05, 0.1) is 6.42 Å². The van der Waals surface area contributed by atoms with Crippen LogP contribution in [0.15, 0.2) is 0 Å². The van der Waals surface area contributed by atoms with Gasteiger partial charge in [-0.15, -0.1) is 0 Å². The second-order valence-corrected chi connectivity index (χ2v) is 6.42. The van der Waals surface area contributed by atoms with Crippen molar-refractivity contribution in [1.82, 2.24) is 21.3 Å². The Bertz CT molecular complexity index is 738. The van der Waals surface area contributed by atoms with Crippen molar-refractivity contribution in [2.24, 2.45) is 0 Å². The molecule has 30 heavy (non-hydrogen) atoms. The summed E-state index contributed by atoms with van der Waals surface area (Å²) >= 11 is 0. The lowest BCUT2D eigenvalue weighted by Gasteiger charge is -2.23. The first-order valence-electron chi connectivity index (χ1n) is 8.82. The minimum absolute atomic E-state index is 0.106. The summed E-state index contributed by atoms with van der Waals surface area (Å²) in [6.45, 7) is -0.814. The first-order valence-corrected chi connectivity index (χ1v) is 8.82. The highest BCUT2D eigenvalue weighted by atomic mass is 16.4. The maximum Gasteiger partial charge on any atom is 0.322 e. The van der Waals surface area contributed by atoms with Gasteiger partial charge in [-0.05, 0) is 12.8 Å². The van der Waals surface area contributed by atoms with E-state index in [2.05, 4.69) is 16.0 Å². The molecule has 0 saturated carbocycles. The van der Waals surface area contributed by atoms with Crippen LogP contribution in [0.5, 0.6) is 0 Å². The van der Waals surface area contributed by atoms with Crippen molar-refractivity contribution >= 4 is 41.5 Å². The summed E-state index contributed by atoms with van der Waals surface area (Å²) in [5.41, 5.74) is 0. The zero-order chi connectivity index (χ0) is 22.8. The Balaban J connectivity index is 2.86. The van der Waals surface area contributed by atoms with Gasteiger partial charge in [0, 0.05) is 12.8 Å². The molecule has 14 heteroatoms. The number of amides is 4. The molecule has 7 N–H and O–H groups in total. The minimum Gasteiger partial charge on any atom is -0.481 e. The third kappa shape index (κ3) is 8.53. The van der Waals surface area contributed by atoms with Gasteiger partial charge in [-0.2, -0.15) is 0 Å². The summed E-state index contributed by atoms with van der Waals surface area (Å²) in [5, 5.41) is 35.0. The van der Waals surface area contributed by atoms with Crippen molar-refractivity contribution < 1.29 is 48.9 Å². The molecule has 1 fully saturated rings. The van der Waals surface area contributed by atoms with E-state index in [1.165, 1.54) is 0 Å². The van der Waals surface area contributed by atoms with E-state index in [4.69, 9.17) is 15.3 Å². The van der Waals surface area contributed by atoms with Crippen molar-refractivity contribution in [3.05, 3.63) is 0 Å². The van der Waals surface area contributed by atoms with Crippen LogP contribution in [0, 0.1) is 0 Å². The second kappa shape index (κ2) is 11.3. The Morgan fingerprint density at radius 2 is 1.60 bits per heavy atom. The Labute approximate surface area is 169 Å². The van der Waals surface area contributed by atoms with Gasteiger partial charge in [-0.25, -0.2) is 0 Å². The summed E-state index contributed by atoms with van der Waals surface area (Å²) < 4.78 is 0. The normalized spacial score (nSPS) is 17.2. The molecule has 166 valence electrons. The highest BCUT2D eigenvalue weighted by Crippen LogP contribution is 2.08. The van der Waals surface area contributed by atoms with Crippen molar-refractivity contribution in [3.63, 3.8) is 0 Å². The molecule has 1 saturated heterocycles. The highest BCUT2D eigenvalue weighted by Gasteiger charge is 2.32. The molecule has 0 spiro atoms. The van der Waals surface area contributed by atoms with Crippen LogP contribution < -0.4 is 21.3 Å². The van der Waals surface area contributed by atoms with Gasteiger partial charge in [-0.1, -0.05) is 0 Å². The van der Waals surface area contributed by atoms with Crippen molar-refractivity contribution in [1.29, 1.82) is 0 Å². The number of nitrogens with one attached hydrogen (secondary N) is 4. The molecule has 1 aliphatic heterocycles. The maximum atomic E-state index is 12.5. The molecule has 0 aliphatic carbocycles. The first kappa shape index (κ1) is 24.3. The quantitative estimate of drug-likeness (QED) is 0.164. The molecule has 0 unspecified atom stereocenters. The largest absolute Gasteiger partial charge is 0.481 e. The maximum absolute atomic E-state index is 12.5. The molecule has 3 atom stereocenters. The number of rotatable bonds is 12. The smallest absolute Gasteiger partial charge is 0.322 e. The predicted octanol–water partition coefficient (Wildman–Crippen LogP) is -3.23. The molecule has 0 aromatic rings. The molecule has 0 bridgehead atoms. The predicted molar refractivity (Wildman–Crippen MR) is 94.8 cm³/mol. The molecule has 1 aliphatic rings. The number of aliphatic carboxylic acids is 3. The van der Waals surface area contributed by atoms with E-state index in [-0.39, 0.29) is 25.2 Å². The zero-order valence-electron chi connectivity index (χ0n) is 15.7. The number of hydrogen-bond donors (Lipinski definition) is 7. The summed E-state index contributed by atoms with van der Waals surface area (Å²) in [7, 11) is 0. The van der Waals surface area contributed by atoms with E-state index >= 15 is 0 Å². The van der Waals surface area contributed by atoms with E-state index in [1.54, 1.807) is 0 Å². The van der Waals surface area contributed by atoms with E-state index in [1.807, 2.05) is 5.32 Å². The molecule has 0 aromatic carbocycles. The Hall–Kier alpha value is -3.71. The average molecular weight is 430 g/mol. The molecular weight excluding hydrogens is 408 g/mol. The molecule has 0 aromatic heterocycles. The SMILES string of the molecule is O=C(O)CC[C@H](NC(=O)[C@@H]1CCC(=O)N1)C(=O)N[C@@H](CC(=O)O)C(=O)NCC(=O)O. The van der Waals surface area contributed by atoms with Gasteiger partial charge in [0.15, 0.2) is 0 Å². The average Bonchev–Trinajstić information content (AvgIpc) is 3.08. The number of carbonyl (C=O) groups excluding carboxylic acids is 4. The number of hydrogen-bond acceptors (Lipinski definition) is 7. The highest BCUT2D eigenvalue weighted by molar-refractivity contribution is 5.96. The van der Waals surface area contributed by atoms with Gasteiger partial charge in [-0.3, -0.25) is 33.6 Å². The van der Waals surface area contributed by atoms with Crippen LogP contribution >= 0.6 is 0 Å². The fourth-order valence-corrected chi connectivity index (χ4v) is 2.56. The summed E-state index contributed by atoms with van der Waals surface area (Å²) in [4.78, 5) is 80.3. The van der Waals surface area contributed by atoms with Gasteiger partial charge in [0.2, 0.25) is 23.6 Å². The number of carbonyl (C=O) groups is 7. The van der Waals surface area contributed by atoms with Crippen molar-refractivity contribution in [2.45, 2.75) is 50.2 Å². The van der Waals surface area contributed by atoms with Crippen LogP contribution in [-0.4, -0.2) is 81.5 Å². The van der Waals surface area contributed by atoms with Gasteiger partial charge in [0.1, 0.15) is 24.7 Å². The Morgan fingerprint density at radius 1 is 0.933 bits per heavy atom. The minimum atomic E-state index is -1.66. The molecule has 1 rings (SSSR count). The van der Waals surface area contributed by atoms with Gasteiger partial charge < -0.3 is 36.6 Å². The van der Waals surface area contributed by atoms with Crippen LogP contribution in [0.4, 0.5) is 0 Å². The van der Waals surface area contributed by atoms with Crippen molar-refractivity contribution in [3.8, 4) is 0 Å². The van der Waals surface area contributed by atoms with Crippen LogP contribution in [0.1, 0.15) is 32.1 Å². The molecule has 14 nitrogen and oxygen atoms in total. The van der Waals surface area contributed by atoms with Crippen LogP contribution in [0.3, 0.4) is 0 Å². The van der Waals surface area contributed by atoms with Crippen LogP contribution in [0.25, 0.3) is 0 Å². The summed E-state index contributed by atoms with van der Waals surface area (Å²) in [6.07, 6.45) is -1.49. The fraction of sp³-hybridized carbons (Fsp3) is 0.562. The van der Waals surface area contributed by atoms with E-state index in [0.29, 0.717) is 0 Å². The second-order valence-electron chi connectivity index (χ2n) is 6.42. The van der Waals surface area contributed by atoms with Crippen molar-refractivity contribution in [2.75, 3.05) is 6.54 Å².